The largest absolute Gasteiger partial charge is 0.348 e. The van der Waals surface area contributed by atoms with Crippen LogP contribution in [0.15, 0.2) is 30.3 Å². The molecule has 0 radical (unpaired) electrons. The third-order valence-electron chi connectivity index (χ3n) is 3.25. The van der Waals surface area contributed by atoms with E-state index in [4.69, 9.17) is 0 Å². The molecular formula is C17H27N3O2. The standard InChI is InChI=1S/C17H27N3O2/c1-3-12-20(13-4-2)14-8-11-18-16(21)17(22)19-15-9-6-5-7-10-15/h5-7,9-10H,3-4,8,11-14H2,1-2H3,(H,18,21)(H,19,22). The molecule has 0 aliphatic carbocycles. The Morgan fingerprint density at radius 3 is 2.18 bits per heavy atom. The van der Waals surface area contributed by atoms with Gasteiger partial charge in [-0.05, 0) is 51.0 Å². The van der Waals surface area contributed by atoms with Crippen LogP contribution in [0.1, 0.15) is 33.1 Å². The Morgan fingerprint density at radius 2 is 1.59 bits per heavy atom. The predicted octanol–water partition coefficient (Wildman–Crippen LogP) is 2.25. The normalized spacial score (nSPS) is 10.5. The summed E-state index contributed by atoms with van der Waals surface area (Å²) in [6.45, 7) is 7.95. The van der Waals surface area contributed by atoms with E-state index in [1.165, 1.54) is 0 Å². The van der Waals surface area contributed by atoms with E-state index in [1.54, 1.807) is 12.1 Å². The van der Waals surface area contributed by atoms with Crippen LogP contribution in [0.25, 0.3) is 0 Å². The zero-order valence-corrected chi connectivity index (χ0v) is 13.6. The smallest absolute Gasteiger partial charge is 0.313 e. The van der Waals surface area contributed by atoms with Gasteiger partial charge in [0.2, 0.25) is 0 Å². The highest BCUT2D eigenvalue weighted by atomic mass is 16.2. The van der Waals surface area contributed by atoms with Crippen LogP contribution in [0.5, 0.6) is 0 Å². The molecule has 2 N–H and O–H groups in total. The monoisotopic (exact) mass is 305 g/mol. The number of para-hydroxylation sites is 1. The maximum absolute atomic E-state index is 11.7. The summed E-state index contributed by atoms with van der Waals surface area (Å²) >= 11 is 0. The first-order valence-corrected chi connectivity index (χ1v) is 8.04. The van der Waals surface area contributed by atoms with Crippen LogP contribution >= 0.6 is 0 Å². The van der Waals surface area contributed by atoms with Gasteiger partial charge in [0.1, 0.15) is 0 Å². The molecule has 5 nitrogen and oxygen atoms in total. The molecule has 1 aromatic carbocycles. The van der Waals surface area contributed by atoms with Crippen LogP contribution in [0, 0.1) is 0 Å². The first kappa shape index (κ1) is 18.2. The average molecular weight is 305 g/mol. The van der Waals surface area contributed by atoms with Gasteiger partial charge in [-0.1, -0.05) is 32.0 Å². The Balaban J connectivity index is 2.23. The van der Waals surface area contributed by atoms with Crippen molar-refractivity contribution in [1.82, 2.24) is 10.2 Å². The number of rotatable bonds is 9. The van der Waals surface area contributed by atoms with Crippen molar-refractivity contribution < 1.29 is 9.59 Å². The van der Waals surface area contributed by atoms with E-state index >= 15 is 0 Å². The quantitative estimate of drug-likeness (QED) is 0.543. The minimum absolute atomic E-state index is 0.519. The summed E-state index contributed by atoms with van der Waals surface area (Å²) in [5, 5.41) is 5.24. The number of benzene rings is 1. The summed E-state index contributed by atoms with van der Waals surface area (Å²) in [7, 11) is 0. The number of carbonyl (C=O) groups is 2. The third kappa shape index (κ3) is 7.22. The first-order chi connectivity index (χ1) is 10.7. The molecule has 5 heteroatoms. The molecule has 0 saturated carbocycles. The van der Waals surface area contributed by atoms with E-state index in [0.29, 0.717) is 12.2 Å². The predicted molar refractivity (Wildman–Crippen MR) is 89.7 cm³/mol. The van der Waals surface area contributed by atoms with E-state index in [1.807, 2.05) is 18.2 Å². The second kappa shape index (κ2) is 10.8. The van der Waals surface area contributed by atoms with Gasteiger partial charge in [-0.3, -0.25) is 9.59 Å². The van der Waals surface area contributed by atoms with Crippen molar-refractivity contribution in [3.63, 3.8) is 0 Å². The number of amides is 2. The molecular weight excluding hydrogens is 278 g/mol. The summed E-state index contributed by atoms with van der Waals surface area (Å²) in [5.41, 5.74) is 0.625. The number of nitrogens with one attached hydrogen (secondary N) is 2. The summed E-state index contributed by atoms with van der Waals surface area (Å²) in [6, 6.07) is 8.97. The van der Waals surface area contributed by atoms with E-state index in [9.17, 15) is 9.59 Å². The number of nitrogens with zero attached hydrogens (tertiary/aromatic N) is 1. The van der Waals surface area contributed by atoms with Crippen LogP contribution in [0.2, 0.25) is 0 Å². The lowest BCUT2D eigenvalue weighted by Gasteiger charge is -2.20. The Kier molecular flexibility index (Phi) is 8.91. The Morgan fingerprint density at radius 1 is 0.955 bits per heavy atom. The molecule has 0 aromatic heterocycles. The van der Waals surface area contributed by atoms with Gasteiger partial charge < -0.3 is 15.5 Å². The Hall–Kier alpha value is -1.88. The summed E-state index contributed by atoms with van der Waals surface area (Å²) in [6.07, 6.45) is 3.11. The molecule has 0 atom stereocenters. The van der Waals surface area contributed by atoms with Crippen molar-refractivity contribution in [2.75, 3.05) is 31.5 Å². The molecule has 0 aliphatic rings. The van der Waals surface area contributed by atoms with Gasteiger partial charge in [0.05, 0.1) is 0 Å². The number of hydrogen-bond acceptors (Lipinski definition) is 3. The topological polar surface area (TPSA) is 61.4 Å². The fraction of sp³-hybridized carbons (Fsp3) is 0.529. The van der Waals surface area contributed by atoms with Crippen LogP contribution in [-0.2, 0) is 9.59 Å². The minimum Gasteiger partial charge on any atom is -0.348 e. The molecule has 1 rings (SSSR count). The summed E-state index contributed by atoms with van der Waals surface area (Å²) in [5.74, 6) is -1.20. The second-order valence-corrected chi connectivity index (χ2v) is 5.27. The highest BCUT2D eigenvalue weighted by molar-refractivity contribution is 6.39. The minimum atomic E-state index is -0.620. The van der Waals surface area contributed by atoms with Crippen LogP contribution < -0.4 is 10.6 Å². The molecule has 122 valence electrons. The maximum atomic E-state index is 11.7. The van der Waals surface area contributed by atoms with E-state index < -0.39 is 11.8 Å². The van der Waals surface area contributed by atoms with Gasteiger partial charge in [-0.2, -0.15) is 0 Å². The SMILES string of the molecule is CCCN(CCC)CCCNC(=O)C(=O)Nc1ccccc1. The molecule has 22 heavy (non-hydrogen) atoms. The van der Waals surface area contributed by atoms with Crippen LogP contribution in [0.4, 0.5) is 5.69 Å². The lowest BCUT2D eigenvalue weighted by molar-refractivity contribution is -0.136. The molecule has 0 aliphatic heterocycles. The molecule has 0 fully saturated rings. The summed E-state index contributed by atoms with van der Waals surface area (Å²) < 4.78 is 0. The van der Waals surface area contributed by atoms with Crippen molar-refractivity contribution in [1.29, 1.82) is 0 Å². The molecule has 1 aromatic rings. The van der Waals surface area contributed by atoms with E-state index in [0.717, 1.165) is 38.9 Å². The van der Waals surface area contributed by atoms with Crippen molar-refractivity contribution in [2.45, 2.75) is 33.1 Å². The molecule has 0 saturated heterocycles. The number of anilines is 1. The zero-order valence-electron chi connectivity index (χ0n) is 13.6. The zero-order chi connectivity index (χ0) is 16.2. The average Bonchev–Trinajstić information content (AvgIpc) is 2.52. The van der Waals surface area contributed by atoms with Gasteiger partial charge in [-0.25, -0.2) is 0 Å². The number of hydrogen-bond donors (Lipinski definition) is 2. The Bertz CT molecular complexity index is 442. The first-order valence-electron chi connectivity index (χ1n) is 8.04. The fourth-order valence-corrected chi connectivity index (χ4v) is 2.26. The Labute approximate surface area is 133 Å². The van der Waals surface area contributed by atoms with Crippen molar-refractivity contribution in [3.05, 3.63) is 30.3 Å². The molecule has 0 heterocycles. The summed E-state index contributed by atoms with van der Waals surface area (Å²) in [4.78, 5) is 25.8. The van der Waals surface area contributed by atoms with Gasteiger partial charge in [0, 0.05) is 12.2 Å². The van der Waals surface area contributed by atoms with Gasteiger partial charge >= 0.3 is 11.8 Å². The third-order valence-corrected chi connectivity index (χ3v) is 3.25. The van der Waals surface area contributed by atoms with E-state index in [-0.39, 0.29) is 0 Å². The lowest BCUT2D eigenvalue weighted by Crippen LogP contribution is -2.37. The van der Waals surface area contributed by atoms with Crippen LogP contribution in [-0.4, -0.2) is 42.9 Å². The van der Waals surface area contributed by atoms with Crippen LogP contribution in [0.3, 0.4) is 0 Å². The number of carbonyl (C=O) groups excluding carboxylic acids is 2. The van der Waals surface area contributed by atoms with Gasteiger partial charge in [0.15, 0.2) is 0 Å². The van der Waals surface area contributed by atoms with Gasteiger partial charge in [-0.15, -0.1) is 0 Å². The van der Waals surface area contributed by atoms with Crippen molar-refractivity contribution in [2.24, 2.45) is 0 Å². The van der Waals surface area contributed by atoms with E-state index in [2.05, 4.69) is 29.4 Å². The molecule has 0 spiro atoms. The maximum Gasteiger partial charge on any atom is 0.313 e. The fourth-order valence-electron chi connectivity index (χ4n) is 2.26. The highest BCUT2D eigenvalue weighted by Gasteiger charge is 2.12. The molecule has 0 bridgehead atoms. The van der Waals surface area contributed by atoms with Crippen molar-refractivity contribution in [3.8, 4) is 0 Å². The lowest BCUT2D eigenvalue weighted by atomic mass is 10.3. The van der Waals surface area contributed by atoms with Crippen molar-refractivity contribution >= 4 is 17.5 Å². The second-order valence-electron chi connectivity index (χ2n) is 5.27. The molecule has 0 unspecified atom stereocenters. The molecule has 2 amide bonds. The highest BCUT2D eigenvalue weighted by Crippen LogP contribution is 2.04. The van der Waals surface area contributed by atoms with Gasteiger partial charge in [0.25, 0.3) is 0 Å².